The Bertz CT molecular complexity index is 758. The first-order valence-corrected chi connectivity index (χ1v) is 8.84. The molecule has 0 saturated heterocycles. The second-order valence-corrected chi connectivity index (χ2v) is 7.28. The van der Waals surface area contributed by atoms with Crippen LogP contribution in [-0.2, 0) is 4.79 Å². The Morgan fingerprint density at radius 1 is 1.28 bits per heavy atom. The smallest absolute Gasteiger partial charge is 0.251 e. The molecule has 1 heterocycles. The Morgan fingerprint density at radius 2 is 1.92 bits per heavy atom. The topological polar surface area (TPSA) is 62.3 Å². The quantitative estimate of drug-likeness (QED) is 0.857. The Hall–Kier alpha value is -2.28. The number of rotatable bonds is 6. The van der Waals surface area contributed by atoms with Crippen molar-refractivity contribution >= 4 is 23.2 Å². The van der Waals surface area contributed by atoms with Crippen molar-refractivity contribution < 1.29 is 14.0 Å². The number of aromatic nitrogens is 1. The minimum atomic E-state index is -0.394. The third-order valence-corrected chi connectivity index (χ3v) is 4.94. The fourth-order valence-corrected chi connectivity index (χ4v) is 3.40. The van der Waals surface area contributed by atoms with Crippen LogP contribution in [0.15, 0.2) is 24.3 Å². The van der Waals surface area contributed by atoms with E-state index in [4.69, 9.17) is 0 Å². The molecule has 2 amide bonds. The second kappa shape index (κ2) is 8.20. The molecular weight excluding hydrogens is 341 g/mol. The minimum absolute atomic E-state index is 0.0723. The van der Waals surface area contributed by atoms with Gasteiger partial charge in [-0.2, -0.15) is 0 Å². The Balaban J connectivity index is 1.86. The van der Waals surface area contributed by atoms with Gasteiger partial charge in [-0.1, -0.05) is 0 Å². The van der Waals surface area contributed by atoms with Crippen molar-refractivity contribution in [2.24, 2.45) is 0 Å². The molecule has 1 unspecified atom stereocenters. The molecule has 0 aliphatic carbocycles. The van der Waals surface area contributed by atoms with E-state index in [0.717, 1.165) is 15.6 Å². The van der Waals surface area contributed by atoms with E-state index in [1.165, 1.54) is 24.3 Å². The zero-order valence-electron chi connectivity index (χ0n) is 14.8. The number of nitrogens with one attached hydrogen (secondary N) is 1. The average Bonchev–Trinajstić information content (AvgIpc) is 2.92. The van der Waals surface area contributed by atoms with Crippen molar-refractivity contribution in [3.63, 3.8) is 0 Å². The molecule has 0 radical (unpaired) electrons. The van der Waals surface area contributed by atoms with Gasteiger partial charge < -0.3 is 10.2 Å². The van der Waals surface area contributed by atoms with Crippen LogP contribution in [0, 0.1) is 19.7 Å². The lowest BCUT2D eigenvalue weighted by Gasteiger charge is -2.24. The van der Waals surface area contributed by atoms with E-state index in [1.807, 2.05) is 20.8 Å². The lowest BCUT2D eigenvalue weighted by Crippen LogP contribution is -2.34. The molecule has 7 heteroatoms. The molecule has 0 bridgehead atoms. The van der Waals surface area contributed by atoms with E-state index < -0.39 is 5.82 Å². The van der Waals surface area contributed by atoms with Crippen LogP contribution in [0.2, 0.25) is 0 Å². The first-order chi connectivity index (χ1) is 11.8. The molecule has 0 saturated carbocycles. The van der Waals surface area contributed by atoms with Gasteiger partial charge in [-0.05, 0) is 45.0 Å². The maximum Gasteiger partial charge on any atom is 0.251 e. The largest absolute Gasteiger partial charge is 0.352 e. The maximum atomic E-state index is 12.9. The summed E-state index contributed by atoms with van der Waals surface area (Å²) in [7, 11) is 1.74. The van der Waals surface area contributed by atoms with Crippen molar-refractivity contribution in [1.82, 2.24) is 15.2 Å². The van der Waals surface area contributed by atoms with Crippen LogP contribution in [-0.4, -0.2) is 35.3 Å². The summed E-state index contributed by atoms with van der Waals surface area (Å²) >= 11 is 1.61. The van der Waals surface area contributed by atoms with Gasteiger partial charge in [0.15, 0.2) is 0 Å². The zero-order chi connectivity index (χ0) is 18.6. The molecule has 25 heavy (non-hydrogen) atoms. The van der Waals surface area contributed by atoms with Gasteiger partial charge >= 0.3 is 0 Å². The summed E-state index contributed by atoms with van der Waals surface area (Å²) in [6.07, 6.45) is 0.190. The SMILES string of the molecule is Cc1nc(C(C)N(C)C(=O)CCNC(=O)c2ccc(F)cc2)c(C)s1. The van der Waals surface area contributed by atoms with Gasteiger partial charge in [0.1, 0.15) is 5.82 Å². The van der Waals surface area contributed by atoms with E-state index in [-0.39, 0.29) is 30.8 Å². The molecule has 1 aromatic heterocycles. The van der Waals surface area contributed by atoms with Crippen LogP contribution in [0.5, 0.6) is 0 Å². The van der Waals surface area contributed by atoms with Crippen LogP contribution in [0.3, 0.4) is 0 Å². The summed E-state index contributed by atoms with van der Waals surface area (Å²) < 4.78 is 12.9. The van der Waals surface area contributed by atoms with Gasteiger partial charge in [0.2, 0.25) is 5.91 Å². The zero-order valence-corrected chi connectivity index (χ0v) is 15.6. The number of halogens is 1. The fourth-order valence-electron chi connectivity index (χ4n) is 2.49. The van der Waals surface area contributed by atoms with Gasteiger partial charge in [-0.25, -0.2) is 9.37 Å². The fraction of sp³-hybridized carbons (Fsp3) is 0.389. The number of amides is 2. The Labute approximate surface area is 150 Å². The highest BCUT2D eigenvalue weighted by atomic mass is 32.1. The molecule has 1 aromatic carbocycles. The average molecular weight is 363 g/mol. The van der Waals surface area contributed by atoms with Crippen molar-refractivity contribution in [2.75, 3.05) is 13.6 Å². The molecule has 0 spiro atoms. The number of benzene rings is 1. The molecule has 1 N–H and O–H groups in total. The Kier molecular flexibility index (Phi) is 6.25. The summed E-state index contributed by atoms with van der Waals surface area (Å²) in [6.45, 7) is 6.11. The number of aryl methyl sites for hydroxylation is 2. The lowest BCUT2D eigenvalue weighted by atomic mass is 10.2. The number of carbonyl (C=O) groups excluding carboxylic acids is 2. The second-order valence-electron chi connectivity index (χ2n) is 5.87. The summed E-state index contributed by atoms with van der Waals surface area (Å²) in [5, 5.41) is 3.65. The van der Waals surface area contributed by atoms with E-state index in [1.54, 1.807) is 23.3 Å². The van der Waals surface area contributed by atoms with Crippen molar-refractivity contribution in [1.29, 1.82) is 0 Å². The molecule has 1 atom stereocenters. The monoisotopic (exact) mass is 363 g/mol. The molecule has 2 rings (SSSR count). The molecule has 0 aliphatic rings. The molecular formula is C18H22FN3O2S. The van der Waals surface area contributed by atoms with Gasteiger partial charge in [0.25, 0.3) is 5.91 Å². The molecule has 2 aromatic rings. The minimum Gasteiger partial charge on any atom is -0.352 e. The van der Waals surface area contributed by atoms with E-state index in [2.05, 4.69) is 10.3 Å². The summed E-state index contributed by atoms with van der Waals surface area (Å²) in [5.41, 5.74) is 1.28. The third-order valence-electron chi connectivity index (χ3n) is 4.04. The van der Waals surface area contributed by atoms with Crippen molar-refractivity contribution in [3.8, 4) is 0 Å². The van der Waals surface area contributed by atoms with Crippen LogP contribution >= 0.6 is 11.3 Å². The van der Waals surface area contributed by atoms with Gasteiger partial charge in [-0.15, -0.1) is 11.3 Å². The number of thiazole rings is 1. The highest BCUT2D eigenvalue weighted by Crippen LogP contribution is 2.26. The number of hydrogen-bond acceptors (Lipinski definition) is 4. The standard InChI is InChI=1S/C18H22FN3O2S/c1-11(17-12(2)25-13(3)21-17)22(4)16(23)9-10-20-18(24)14-5-7-15(19)8-6-14/h5-8,11H,9-10H2,1-4H3,(H,20,24). The van der Waals surface area contributed by atoms with Crippen LogP contribution in [0.1, 0.15) is 45.3 Å². The molecule has 134 valence electrons. The van der Waals surface area contributed by atoms with E-state index >= 15 is 0 Å². The van der Waals surface area contributed by atoms with Crippen molar-refractivity contribution in [2.45, 2.75) is 33.2 Å². The number of nitrogens with zero attached hydrogens (tertiary/aromatic N) is 2. The van der Waals surface area contributed by atoms with Gasteiger partial charge in [0.05, 0.1) is 16.7 Å². The number of hydrogen-bond donors (Lipinski definition) is 1. The predicted octanol–water partition coefficient (Wildman–Crippen LogP) is 3.24. The summed E-state index contributed by atoms with van der Waals surface area (Å²) in [6, 6.07) is 5.16. The summed E-state index contributed by atoms with van der Waals surface area (Å²) in [4.78, 5) is 31.5. The lowest BCUT2D eigenvalue weighted by molar-refractivity contribution is -0.131. The number of carbonyl (C=O) groups is 2. The van der Waals surface area contributed by atoms with E-state index in [9.17, 15) is 14.0 Å². The van der Waals surface area contributed by atoms with Gasteiger partial charge in [-0.3, -0.25) is 9.59 Å². The van der Waals surface area contributed by atoms with Gasteiger partial charge in [0, 0.05) is 30.5 Å². The Morgan fingerprint density at radius 3 is 2.48 bits per heavy atom. The van der Waals surface area contributed by atoms with Crippen molar-refractivity contribution in [3.05, 3.63) is 51.2 Å². The normalized spacial score (nSPS) is 11.9. The third kappa shape index (κ3) is 4.85. The highest BCUT2D eigenvalue weighted by molar-refractivity contribution is 7.11. The predicted molar refractivity (Wildman–Crippen MR) is 96.1 cm³/mol. The first-order valence-electron chi connectivity index (χ1n) is 8.03. The van der Waals surface area contributed by atoms with E-state index in [0.29, 0.717) is 5.56 Å². The van der Waals surface area contributed by atoms with Crippen LogP contribution < -0.4 is 5.32 Å². The molecule has 0 aliphatic heterocycles. The first kappa shape index (κ1) is 19.1. The molecule has 5 nitrogen and oxygen atoms in total. The van der Waals surface area contributed by atoms with Crippen LogP contribution in [0.4, 0.5) is 4.39 Å². The summed E-state index contributed by atoms with van der Waals surface area (Å²) in [5.74, 6) is -0.790. The highest BCUT2D eigenvalue weighted by Gasteiger charge is 2.21. The maximum absolute atomic E-state index is 12.9. The molecule has 0 fully saturated rings. The van der Waals surface area contributed by atoms with Crippen LogP contribution in [0.25, 0.3) is 0 Å².